The highest BCUT2D eigenvalue weighted by atomic mass is 16.5. The van der Waals surface area contributed by atoms with E-state index in [0.29, 0.717) is 37.8 Å². The van der Waals surface area contributed by atoms with Gasteiger partial charge in [0.2, 0.25) is 11.8 Å². The first-order valence-electron chi connectivity index (χ1n) is 6.90. The van der Waals surface area contributed by atoms with Crippen LogP contribution in [0.5, 0.6) is 0 Å². The van der Waals surface area contributed by atoms with Crippen LogP contribution in [0.15, 0.2) is 4.52 Å². The summed E-state index contributed by atoms with van der Waals surface area (Å²) in [4.78, 5) is 17.8. The Balaban J connectivity index is 2.42. The van der Waals surface area contributed by atoms with Crippen molar-refractivity contribution in [3.05, 3.63) is 11.7 Å². The van der Waals surface area contributed by atoms with Crippen LogP contribution in [0, 0.1) is 0 Å². The van der Waals surface area contributed by atoms with E-state index in [9.17, 15) is 4.79 Å². The number of aliphatic hydroxyl groups is 1. The van der Waals surface area contributed by atoms with Crippen molar-refractivity contribution < 1.29 is 19.2 Å². The van der Waals surface area contributed by atoms with Crippen LogP contribution >= 0.6 is 0 Å². The molecule has 0 aliphatic heterocycles. The highest BCUT2D eigenvalue weighted by Crippen LogP contribution is 2.05. The molecule has 7 heteroatoms. The summed E-state index contributed by atoms with van der Waals surface area (Å²) in [6, 6.07) is 0. The minimum atomic E-state index is -0.0589. The van der Waals surface area contributed by atoms with E-state index in [0.717, 1.165) is 12.8 Å². The van der Waals surface area contributed by atoms with Crippen molar-refractivity contribution in [2.75, 3.05) is 33.4 Å². The van der Waals surface area contributed by atoms with Crippen LogP contribution < -0.4 is 0 Å². The number of methoxy groups -OCH3 is 1. The number of aryl methyl sites for hydroxylation is 2. The van der Waals surface area contributed by atoms with Gasteiger partial charge in [-0.2, -0.15) is 4.98 Å². The highest BCUT2D eigenvalue weighted by molar-refractivity contribution is 5.76. The third-order valence-electron chi connectivity index (χ3n) is 2.82. The van der Waals surface area contributed by atoms with E-state index in [1.165, 1.54) is 0 Å². The van der Waals surface area contributed by atoms with Crippen molar-refractivity contribution >= 4 is 5.91 Å². The number of hydrogen-bond acceptors (Lipinski definition) is 6. The molecular formula is C13H23N3O4. The quantitative estimate of drug-likeness (QED) is 0.670. The Morgan fingerprint density at radius 1 is 1.40 bits per heavy atom. The molecule has 1 N–H and O–H groups in total. The molecule has 7 nitrogen and oxygen atoms in total. The number of rotatable bonds is 10. The van der Waals surface area contributed by atoms with Gasteiger partial charge in [0.25, 0.3) is 0 Å². The van der Waals surface area contributed by atoms with Crippen molar-refractivity contribution in [3.63, 3.8) is 0 Å². The molecular weight excluding hydrogens is 262 g/mol. The monoisotopic (exact) mass is 285 g/mol. The molecule has 0 aromatic carbocycles. The molecule has 0 saturated heterocycles. The zero-order chi connectivity index (χ0) is 14.8. The molecule has 0 bridgehead atoms. The lowest BCUT2D eigenvalue weighted by Crippen LogP contribution is -2.36. The number of aromatic nitrogens is 2. The van der Waals surface area contributed by atoms with Crippen molar-refractivity contribution in [2.24, 2.45) is 0 Å². The van der Waals surface area contributed by atoms with Gasteiger partial charge in [0, 0.05) is 39.5 Å². The fourth-order valence-corrected chi connectivity index (χ4v) is 1.77. The van der Waals surface area contributed by atoms with E-state index in [-0.39, 0.29) is 18.9 Å². The summed E-state index contributed by atoms with van der Waals surface area (Å²) >= 11 is 0. The lowest BCUT2D eigenvalue weighted by atomic mass is 10.2. The molecule has 1 heterocycles. The van der Waals surface area contributed by atoms with Gasteiger partial charge < -0.3 is 19.3 Å². The lowest BCUT2D eigenvalue weighted by molar-refractivity contribution is -0.132. The SMILES string of the molecule is CCCc1noc(CCC(=O)N(CCO)CCOC)n1. The third-order valence-corrected chi connectivity index (χ3v) is 2.82. The summed E-state index contributed by atoms with van der Waals surface area (Å²) in [5.74, 6) is 1.12. The van der Waals surface area contributed by atoms with Gasteiger partial charge in [0.15, 0.2) is 5.82 Å². The van der Waals surface area contributed by atoms with Crippen molar-refractivity contribution in [1.82, 2.24) is 15.0 Å². The molecule has 1 amide bonds. The predicted octanol–water partition coefficient (Wildman–Crippen LogP) is 0.422. The number of amides is 1. The van der Waals surface area contributed by atoms with E-state index >= 15 is 0 Å². The van der Waals surface area contributed by atoms with Crippen LogP contribution in [-0.4, -0.2) is 59.5 Å². The van der Waals surface area contributed by atoms with Crippen LogP contribution in [0.2, 0.25) is 0 Å². The van der Waals surface area contributed by atoms with Crippen LogP contribution in [0.25, 0.3) is 0 Å². The Morgan fingerprint density at radius 2 is 2.20 bits per heavy atom. The van der Waals surface area contributed by atoms with Crippen LogP contribution in [0.1, 0.15) is 31.5 Å². The molecule has 114 valence electrons. The Hall–Kier alpha value is -1.47. The van der Waals surface area contributed by atoms with E-state index in [1.807, 2.05) is 6.92 Å². The number of nitrogens with zero attached hydrogens (tertiary/aromatic N) is 3. The summed E-state index contributed by atoms with van der Waals surface area (Å²) in [7, 11) is 1.58. The molecule has 0 atom stereocenters. The van der Waals surface area contributed by atoms with Gasteiger partial charge in [0.05, 0.1) is 13.2 Å². The molecule has 0 spiro atoms. The summed E-state index contributed by atoms with van der Waals surface area (Å²) in [6.45, 7) is 3.22. The third kappa shape index (κ3) is 5.66. The van der Waals surface area contributed by atoms with E-state index in [2.05, 4.69) is 10.1 Å². The minimum absolute atomic E-state index is 0.0497. The summed E-state index contributed by atoms with van der Waals surface area (Å²) in [6.07, 6.45) is 2.45. The maximum atomic E-state index is 12.0. The summed E-state index contributed by atoms with van der Waals surface area (Å²) in [5, 5.41) is 12.8. The standard InChI is InChI=1S/C13H23N3O4/c1-3-4-11-14-12(20-15-11)5-6-13(18)16(7-9-17)8-10-19-2/h17H,3-10H2,1-2H3. The number of carbonyl (C=O) groups excluding carboxylic acids is 1. The van der Waals surface area contributed by atoms with Gasteiger partial charge in [-0.1, -0.05) is 12.1 Å². The lowest BCUT2D eigenvalue weighted by Gasteiger charge is -2.20. The zero-order valence-corrected chi connectivity index (χ0v) is 12.2. The Bertz CT molecular complexity index is 395. The predicted molar refractivity (Wildman–Crippen MR) is 72.2 cm³/mol. The first kappa shape index (κ1) is 16.6. The number of carbonyl (C=O) groups is 1. The molecule has 0 radical (unpaired) electrons. The molecule has 20 heavy (non-hydrogen) atoms. The van der Waals surface area contributed by atoms with Gasteiger partial charge in [-0.05, 0) is 6.42 Å². The highest BCUT2D eigenvalue weighted by Gasteiger charge is 2.14. The second kappa shape index (κ2) is 9.44. The van der Waals surface area contributed by atoms with E-state index in [4.69, 9.17) is 14.4 Å². The van der Waals surface area contributed by atoms with Crippen LogP contribution in [-0.2, 0) is 22.4 Å². The molecule has 0 aliphatic carbocycles. The second-order valence-electron chi connectivity index (χ2n) is 4.45. The summed E-state index contributed by atoms with van der Waals surface area (Å²) < 4.78 is 10.0. The molecule has 1 aromatic rings. The normalized spacial score (nSPS) is 10.8. The molecule has 1 aromatic heterocycles. The Labute approximate surface area is 118 Å². The first-order valence-corrected chi connectivity index (χ1v) is 6.90. The number of ether oxygens (including phenoxy) is 1. The molecule has 0 fully saturated rings. The molecule has 1 rings (SSSR count). The van der Waals surface area contributed by atoms with Crippen LogP contribution in [0.4, 0.5) is 0 Å². The topological polar surface area (TPSA) is 88.7 Å². The van der Waals surface area contributed by atoms with Gasteiger partial charge in [0.1, 0.15) is 0 Å². The second-order valence-corrected chi connectivity index (χ2v) is 4.45. The molecule has 0 unspecified atom stereocenters. The van der Waals surface area contributed by atoms with E-state index < -0.39 is 0 Å². The van der Waals surface area contributed by atoms with Crippen LogP contribution in [0.3, 0.4) is 0 Å². The summed E-state index contributed by atoms with van der Waals surface area (Å²) in [5.41, 5.74) is 0. The molecule has 0 saturated carbocycles. The minimum Gasteiger partial charge on any atom is -0.395 e. The van der Waals surface area contributed by atoms with Gasteiger partial charge in [-0.3, -0.25) is 4.79 Å². The fraction of sp³-hybridized carbons (Fsp3) is 0.769. The van der Waals surface area contributed by atoms with Gasteiger partial charge in [-0.25, -0.2) is 0 Å². The van der Waals surface area contributed by atoms with Gasteiger partial charge >= 0.3 is 0 Å². The zero-order valence-electron chi connectivity index (χ0n) is 12.2. The van der Waals surface area contributed by atoms with Crippen molar-refractivity contribution in [2.45, 2.75) is 32.6 Å². The average molecular weight is 285 g/mol. The number of aliphatic hydroxyl groups excluding tert-OH is 1. The largest absolute Gasteiger partial charge is 0.395 e. The Morgan fingerprint density at radius 3 is 2.85 bits per heavy atom. The van der Waals surface area contributed by atoms with E-state index in [1.54, 1.807) is 12.0 Å². The van der Waals surface area contributed by atoms with Crippen molar-refractivity contribution in [1.29, 1.82) is 0 Å². The number of hydrogen-bond donors (Lipinski definition) is 1. The molecule has 0 aliphatic rings. The fourth-order valence-electron chi connectivity index (χ4n) is 1.77. The first-order chi connectivity index (χ1) is 9.71. The maximum Gasteiger partial charge on any atom is 0.227 e. The maximum absolute atomic E-state index is 12.0. The van der Waals surface area contributed by atoms with Gasteiger partial charge in [-0.15, -0.1) is 0 Å². The smallest absolute Gasteiger partial charge is 0.227 e. The Kier molecular flexibility index (Phi) is 7.82. The average Bonchev–Trinajstić information content (AvgIpc) is 2.89. The van der Waals surface area contributed by atoms with Crippen molar-refractivity contribution in [3.8, 4) is 0 Å².